The van der Waals surface area contributed by atoms with E-state index in [4.69, 9.17) is 14.2 Å². The minimum Gasteiger partial charge on any atom is -0.497 e. The van der Waals surface area contributed by atoms with Crippen molar-refractivity contribution in [3.05, 3.63) is 23.8 Å². The summed E-state index contributed by atoms with van der Waals surface area (Å²) >= 11 is 0. The van der Waals surface area contributed by atoms with Gasteiger partial charge in [-0.1, -0.05) is 0 Å². The van der Waals surface area contributed by atoms with Crippen LogP contribution < -0.4 is 20.1 Å². The van der Waals surface area contributed by atoms with Gasteiger partial charge >= 0.3 is 0 Å². The molecule has 1 saturated heterocycles. The van der Waals surface area contributed by atoms with E-state index in [0.717, 1.165) is 30.2 Å². The lowest BCUT2D eigenvalue weighted by molar-refractivity contribution is -0.146. The van der Waals surface area contributed by atoms with Crippen LogP contribution in [0.1, 0.15) is 18.4 Å². The minimum absolute atomic E-state index is 0. The van der Waals surface area contributed by atoms with Crippen molar-refractivity contribution in [2.45, 2.75) is 24.9 Å². The first-order valence-corrected chi connectivity index (χ1v) is 7.90. The van der Waals surface area contributed by atoms with Crippen molar-refractivity contribution in [1.82, 2.24) is 10.6 Å². The fourth-order valence-corrected chi connectivity index (χ4v) is 2.90. The lowest BCUT2D eigenvalue weighted by Gasteiger charge is -2.34. The van der Waals surface area contributed by atoms with E-state index in [0.29, 0.717) is 25.8 Å². The molecule has 0 aromatic heterocycles. The summed E-state index contributed by atoms with van der Waals surface area (Å²) in [6.45, 7) is 2.12. The Balaban J connectivity index is 0.00000288. The fraction of sp³-hybridized carbons (Fsp3) is 0.588. The first-order chi connectivity index (χ1) is 11.1. The molecule has 2 rings (SSSR count). The van der Waals surface area contributed by atoms with Crippen LogP contribution in [0, 0.1) is 0 Å². The normalized spacial score (nSPS) is 16.0. The van der Waals surface area contributed by atoms with E-state index >= 15 is 0 Å². The Morgan fingerprint density at radius 2 is 1.92 bits per heavy atom. The molecule has 1 aromatic carbocycles. The Morgan fingerprint density at radius 1 is 1.21 bits per heavy atom. The maximum Gasteiger partial charge on any atom is 0.252 e. The number of ether oxygens (including phenoxy) is 3. The number of piperidine rings is 1. The lowest BCUT2D eigenvalue weighted by Crippen LogP contribution is -2.54. The third kappa shape index (κ3) is 4.75. The Labute approximate surface area is 149 Å². The van der Waals surface area contributed by atoms with E-state index in [1.54, 1.807) is 21.3 Å². The molecule has 6 nitrogen and oxygen atoms in total. The quantitative estimate of drug-likeness (QED) is 0.774. The highest BCUT2D eigenvalue weighted by molar-refractivity contribution is 5.85. The minimum atomic E-state index is -0.705. The second-order valence-electron chi connectivity index (χ2n) is 5.63. The third-order valence-electron chi connectivity index (χ3n) is 4.38. The largest absolute Gasteiger partial charge is 0.497 e. The topological polar surface area (TPSA) is 68.8 Å². The van der Waals surface area contributed by atoms with Gasteiger partial charge in [-0.15, -0.1) is 12.4 Å². The van der Waals surface area contributed by atoms with Gasteiger partial charge in [-0.2, -0.15) is 0 Å². The smallest absolute Gasteiger partial charge is 0.252 e. The van der Waals surface area contributed by atoms with Crippen LogP contribution in [0.15, 0.2) is 18.2 Å². The van der Waals surface area contributed by atoms with Crippen molar-refractivity contribution in [2.24, 2.45) is 0 Å². The number of amides is 1. The van der Waals surface area contributed by atoms with Crippen molar-refractivity contribution in [2.75, 3.05) is 41.0 Å². The molecule has 0 bridgehead atoms. The first-order valence-electron chi connectivity index (χ1n) is 7.90. The molecule has 0 radical (unpaired) electrons. The molecule has 0 unspecified atom stereocenters. The molecular weight excluding hydrogens is 332 g/mol. The molecular formula is C17H27ClN2O4. The predicted molar refractivity (Wildman–Crippen MR) is 95.4 cm³/mol. The molecule has 2 N–H and O–H groups in total. The van der Waals surface area contributed by atoms with Crippen molar-refractivity contribution in [3.63, 3.8) is 0 Å². The Bertz CT molecular complexity index is 533. The van der Waals surface area contributed by atoms with Gasteiger partial charge in [-0.25, -0.2) is 0 Å². The lowest BCUT2D eigenvalue weighted by atomic mass is 9.91. The van der Waals surface area contributed by atoms with Crippen molar-refractivity contribution < 1.29 is 19.0 Å². The zero-order chi connectivity index (χ0) is 16.7. The first kappa shape index (κ1) is 20.5. The van der Waals surface area contributed by atoms with E-state index in [1.165, 1.54) is 0 Å². The summed E-state index contributed by atoms with van der Waals surface area (Å²) in [6, 6.07) is 5.66. The number of halogens is 1. The highest BCUT2D eigenvalue weighted by atomic mass is 35.5. The van der Waals surface area contributed by atoms with E-state index in [-0.39, 0.29) is 18.3 Å². The van der Waals surface area contributed by atoms with E-state index in [9.17, 15) is 4.79 Å². The standard InChI is InChI=1S/C17H26N2O4.ClH/c1-21-14-4-5-15(22-2)13(12-14)6-9-19-16(20)17(23-3)7-10-18-11-8-17;/h4-5,12,18H,6-11H2,1-3H3,(H,19,20);1H. The zero-order valence-electron chi connectivity index (χ0n) is 14.5. The molecule has 24 heavy (non-hydrogen) atoms. The number of carbonyl (C=O) groups is 1. The number of benzene rings is 1. The van der Waals surface area contributed by atoms with Crippen LogP contribution in [-0.4, -0.2) is 52.5 Å². The van der Waals surface area contributed by atoms with Crippen molar-refractivity contribution >= 4 is 18.3 Å². The maximum absolute atomic E-state index is 12.5. The van der Waals surface area contributed by atoms with Crippen LogP contribution in [-0.2, 0) is 16.0 Å². The van der Waals surface area contributed by atoms with E-state index < -0.39 is 5.60 Å². The molecule has 1 amide bonds. The monoisotopic (exact) mass is 358 g/mol. The van der Waals surface area contributed by atoms with Gasteiger partial charge in [0, 0.05) is 13.7 Å². The molecule has 1 heterocycles. The van der Waals surface area contributed by atoms with Crippen LogP contribution in [0.2, 0.25) is 0 Å². The Kier molecular flexibility index (Phi) is 8.31. The van der Waals surface area contributed by atoms with Crippen molar-refractivity contribution in [1.29, 1.82) is 0 Å². The van der Waals surface area contributed by atoms with Crippen LogP contribution in [0.5, 0.6) is 11.5 Å². The van der Waals surface area contributed by atoms with Gasteiger partial charge < -0.3 is 24.8 Å². The molecule has 1 aliphatic heterocycles. The van der Waals surface area contributed by atoms with Gasteiger partial charge in [-0.3, -0.25) is 4.79 Å². The van der Waals surface area contributed by atoms with Gasteiger partial charge in [0.25, 0.3) is 5.91 Å². The molecule has 0 spiro atoms. The predicted octanol–water partition coefficient (Wildman–Crippen LogP) is 1.55. The van der Waals surface area contributed by atoms with E-state index in [1.807, 2.05) is 18.2 Å². The molecule has 0 aliphatic carbocycles. The molecule has 136 valence electrons. The molecule has 1 aromatic rings. The van der Waals surface area contributed by atoms with Gasteiger partial charge in [0.1, 0.15) is 17.1 Å². The van der Waals surface area contributed by atoms with Gasteiger partial charge in [-0.05, 0) is 56.1 Å². The molecule has 1 aliphatic rings. The summed E-state index contributed by atoms with van der Waals surface area (Å²) in [7, 11) is 4.88. The van der Waals surface area contributed by atoms with Crippen LogP contribution in [0.25, 0.3) is 0 Å². The van der Waals surface area contributed by atoms with Crippen LogP contribution in [0.3, 0.4) is 0 Å². The van der Waals surface area contributed by atoms with E-state index in [2.05, 4.69) is 10.6 Å². The second kappa shape index (κ2) is 9.71. The number of rotatable bonds is 7. The number of carbonyl (C=O) groups excluding carboxylic acids is 1. The summed E-state index contributed by atoms with van der Waals surface area (Å²) in [5.74, 6) is 1.53. The number of hydrogen-bond acceptors (Lipinski definition) is 5. The van der Waals surface area contributed by atoms with Crippen LogP contribution in [0.4, 0.5) is 0 Å². The summed E-state index contributed by atoms with van der Waals surface area (Å²) in [4.78, 5) is 12.5. The molecule has 0 atom stereocenters. The molecule has 0 saturated carbocycles. The third-order valence-corrected chi connectivity index (χ3v) is 4.38. The average molecular weight is 359 g/mol. The maximum atomic E-state index is 12.5. The number of methoxy groups -OCH3 is 3. The highest BCUT2D eigenvalue weighted by Crippen LogP contribution is 2.25. The highest BCUT2D eigenvalue weighted by Gasteiger charge is 2.39. The number of nitrogens with one attached hydrogen (secondary N) is 2. The average Bonchev–Trinajstić information content (AvgIpc) is 2.61. The zero-order valence-corrected chi connectivity index (χ0v) is 15.3. The summed E-state index contributed by atoms with van der Waals surface area (Å²) < 4.78 is 16.1. The Morgan fingerprint density at radius 3 is 2.50 bits per heavy atom. The SMILES string of the molecule is COc1ccc(OC)c(CCNC(=O)C2(OC)CCNCC2)c1.Cl. The summed E-state index contributed by atoms with van der Waals surface area (Å²) in [5, 5.41) is 6.24. The molecule has 1 fully saturated rings. The summed E-state index contributed by atoms with van der Waals surface area (Å²) in [5.41, 5.74) is 0.299. The molecule has 7 heteroatoms. The fourth-order valence-electron chi connectivity index (χ4n) is 2.90. The second-order valence-corrected chi connectivity index (χ2v) is 5.63. The Hall–Kier alpha value is -1.50. The van der Waals surface area contributed by atoms with Gasteiger partial charge in [0.15, 0.2) is 0 Å². The summed E-state index contributed by atoms with van der Waals surface area (Å²) in [6.07, 6.45) is 2.06. The van der Waals surface area contributed by atoms with Crippen molar-refractivity contribution in [3.8, 4) is 11.5 Å². The van der Waals surface area contributed by atoms with Gasteiger partial charge in [0.05, 0.1) is 14.2 Å². The van der Waals surface area contributed by atoms with Gasteiger partial charge in [0.2, 0.25) is 0 Å². The number of hydrogen-bond donors (Lipinski definition) is 2. The van der Waals surface area contributed by atoms with Crippen LogP contribution >= 0.6 is 12.4 Å².